The van der Waals surface area contributed by atoms with E-state index < -0.39 is 0 Å². The normalized spacial score (nSPS) is 18.7. The van der Waals surface area contributed by atoms with Gasteiger partial charge in [0, 0.05) is 45.4 Å². The van der Waals surface area contributed by atoms with Crippen LogP contribution in [0.4, 0.5) is 0 Å². The summed E-state index contributed by atoms with van der Waals surface area (Å²) in [5.41, 5.74) is 0. The molecule has 0 saturated carbocycles. The van der Waals surface area contributed by atoms with Crippen LogP contribution in [0.3, 0.4) is 0 Å². The third-order valence-corrected chi connectivity index (χ3v) is 5.00. The van der Waals surface area contributed by atoms with Crippen molar-refractivity contribution in [2.24, 2.45) is 22.7 Å². The van der Waals surface area contributed by atoms with Crippen molar-refractivity contribution in [3.05, 3.63) is 0 Å². The van der Waals surface area contributed by atoms with Crippen LogP contribution in [0.2, 0.25) is 0 Å². The first-order valence-corrected chi connectivity index (χ1v) is 10.9. The number of nitrogens with one attached hydrogen (secondary N) is 2. The molecule has 6 heteroatoms. The SMILES string of the molecule is CCNC(=NCC(CCO)CC(C)C)NCC(CC(C)C)N1CCOCC1. The topological polar surface area (TPSA) is 69.1 Å². The molecule has 0 radical (unpaired) electrons. The summed E-state index contributed by atoms with van der Waals surface area (Å²) < 4.78 is 5.52. The van der Waals surface area contributed by atoms with Gasteiger partial charge in [0.2, 0.25) is 0 Å². The number of aliphatic imine (C=N–C) groups is 1. The van der Waals surface area contributed by atoms with E-state index in [0.29, 0.717) is 23.8 Å². The molecule has 160 valence electrons. The van der Waals surface area contributed by atoms with Crippen molar-refractivity contribution in [1.82, 2.24) is 15.5 Å². The first-order valence-electron chi connectivity index (χ1n) is 10.9. The quantitative estimate of drug-likeness (QED) is 0.356. The van der Waals surface area contributed by atoms with Crippen LogP contribution in [0.1, 0.15) is 53.9 Å². The number of aliphatic hydroxyl groups is 1. The molecule has 6 nitrogen and oxygen atoms in total. The third-order valence-electron chi connectivity index (χ3n) is 5.00. The monoisotopic (exact) mass is 384 g/mol. The molecule has 0 aliphatic carbocycles. The van der Waals surface area contributed by atoms with Gasteiger partial charge in [-0.25, -0.2) is 0 Å². The maximum atomic E-state index is 9.33. The number of guanidine groups is 1. The zero-order valence-electron chi connectivity index (χ0n) is 18.3. The van der Waals surface area contributed by atoms with Crippen LogP contribution in [-0.2, 0) is 4.74 Å². The van der Waals surface area contributed by atoms with E-state index >= 15 is 0 Å². The van der Waals surface area contributed by atoms with Gasteiger partial charge in [0.25, 0.3) is 0 Å². The minimum absolute atomic E-state index is 0.240. The van der Waals surface area contributed by atoms with Crippen LogP contribution in [0.15, 0.2) is 4.99 Å². The largest absolute Gasteiger partial charge is 0.396 e. The van der Waals surface area contributed by atoms with E-state index in [-0.39, 0.29) is 6.61 Å². The van der Waals surface area contributed by atoms with Gasteiger partial charge >= 0.3 is 0 Å². The zero-order chi connectivity index (χ0) is 20.1. The molecule has 1 aliphatic rings. The van der Waals surface area contributed by atoms with Gasteiger partial charge in [0.1, 0.15) is 0 Å². The van der Waals surface area contributed by atoms with Crippen LogP contribution >= 0.6 is 0 Å². The molecule has 0 amide bonds. The third kappa shape index (κ3) is 10.9. The Hall–Kier alpha value is -0.850. The number of nitrogens with zero attached hydrogens (tertiary/aromatic N) is 2. The fourth-order valence-electron chi connectivity index (χ4n) is 3.76. The lowest BCUT2D eigenvalue weighted by Crippen LogP contribution is -2.51. The molecule has 0 spiro atoms. The lowest BCUT2D eigenvalue weighted by Gasteiger charge is -2.35. The van der Waals surface area contributed by atoms with E-state index in [1.54, 1.807) is 0 Å². The fourth-order valence-corrected chi connectivity index (χ4v) is 3.76. The van der Waals surface area contributed by atoms with Crippen molar-refractivity contribution >= 4 is 5.96 Å². The highest BCUT2D eigenvalue weighted by atomic mass is 16.5. The molecule has 1 fully saturated rings. The van der Waals surface area contributed by atoms with E-state index in [9.17, 15) is 5.11 Å². The highest BCUT2D eigenvalue weighted by Crippen LogP contribution is 2.16. The first-order chi connectivity index (χ1) is 13.0. The van der Waals surface area contributed by atoms with Crippen LogP contribution in [0.5, 0.6) is 0 Å². The average molecular weight is 385 g/mol. The molecule has 0 aromatic heterocycles. The summed E-state index contributed by atoms with van der Waals surface area (Å²) in [6.45, 7) is 17.6. The average Bonchev–Trinajstić information content (AvgIpc) is 2.62. The second-order valence-corrected chi connectivity index (χ2v) is 8.54. The maximum absolute atomic E-state index is 9.33. The van der Waals surface area contributed by atoms with E-state index in [2.05, 4.69) is 50.2 Å². The highest BCUT2D eigenvalue weighted by molar-refractivity contribution is 5.79. The molecule has 2 unspecified atom stereocenters. The van der Waals surface area contributed by atoms with Crippen molar-refractivity contribution in [3.63, 3.8) is 0 Å². The van der Waals surface area contributed by atoms with Crippen molar-refractivity contribution < 1.29 is 9.84 Å². The molecule has 0 aromatic rings. The van der Waals surface area contributed by atoms with Crippen molar-refractivity contribution in [3.8, 4) is 0 Å². The van der Waals surface area contributed by atoms with Gasteiger partial charge in [0.05, 0.1) is 13.2 Å². The number of hydrogen-bond acceptors (Lipinski definition) is 4. The Bertz CT molecular complexity index is 396. The predicted molar refractivity (Wildman–Crippen MR) is 114 cm³/mol. The van der Waals surface area contributed by atoms with Crippen LogP contribution in [-0.4, -0.2) is 74.6 Å². The fraction of sp³-hybridized carbons (Fsp3) is 0.952. The van der Waals surface area contributed by atoms with E-state index in [0.717, 1.165) is 64.7 Å². The lowest BCUT2D eigenvalue weighted by atomic mass is 9.94. The predicted octanol–water partition coefficient (Wildman–Crippen LogP) is 2.33. The first kappa shape index (κ1) is 24.2. The Morgan fingerprint density at radius 1 is 1.07 bits per heavy atom. The summed E-state index contributed by atoms with van der Waals surface area (Å²) in [5.74, 6) is 2.63. The summed E-state index contributed by atoms with van der Waals surface area (Å²) in [6, 6.07) is 0.502. The molecule has 2 atom stereocenters. The minimum atomic E-state index is 0.240. The van der Waals surface area contributed by atoms with Gasteiger partial charge in [-0.05, 0) is 43.9 Å². The summed E-state index contributed by atoms with van der Waals surface area (Å²) in [5, 5.41) is 16.3. The molecular formula is C21H44N4O2. The Morgan fingerprint density at radius 2 is 1.74 bits per heavy atom. The van der Waals surface area contributed by atoms with E-state index in [1.165, 1.54) is 6.42 Å². The van der Waals surface area contributed by atoms with Gasteiger partial charge in [-0.3, -0.25) is 9.89 Å². The Morgan fingerprint density at radius 3 is 2.30 bits per heavy atom. The van der Waals surface area contributed by atoms with Gasteiger partial charge in [-0.15, -0.1) is 0 Å². The molecular weight excluding hydrogens is 340 g/mol. The highest BCUT2D eigenvalue weighted by Gasteiger charge is 2.22. The molecule has 3 N–H and O–H groups in total. The lowest BCUT2D eigenvalue weighted by molar-refractivity contribution is 0.0132. The van der Waals surface area contributed by atoms with Crippen molar-refractivity contribution in [2.45, 2.75) is 59.9 Å². The number of morpholine rings is 1. The number of ether oxygens (including phenoxy) is 1. The Balaban J connectivity index is 2.65. The maximum Gasteiger partial charge on any atom is 0.191 e. The molecule has 1 saturated heterocycles. The van der Waals surface area contributed by atoms with Gasteiger partial charge < -0.3 is 20.5 Å². The van der Waals surface area contributed by atoms with Gasteiger partial charge in [0.15, 0.2) is 5.96 Å². The van der Waals surface area contributed by atoms with Crippen molar-refractivity contribution in [2.75, 3.05) is 52.5 Å². The molecule has 1 rings (SSSR count). The van der Waals surface area contributed by atoms with E-state index in [1.807, 2.05) is 0 Å². The molecule has 1 heterocycles. The summed E-state index contributed by atoms with van der Waals surface area (Å²) in [7, 11) is 0. The second kappa shape index (κ2) is 14.2. The van der Waals surface area contributed by atoms with Crippen LogP contribution in [0, 0.1) is 17.8 Å². The van der Waals surface area contributed by atoms with E-state index in [4.69, 9.17) is 9.73 Å². The summed E-state index contributed by atoms with van der Waals surface area (Å²) >= 11 is 0. The van der Waals surface area contributed by atoms with Gasteiger partial charge in [-0.1, -0.05) is 27.7 Å². The number of aliphatic hydroxyl groups excluding tert-OH is 1. The molecule has 1 aliphatic heterocycles. The second-order valence-electron chi connectivity index (χ2n) is 8.54. The Labute approximate surface area is 167 Å². The molecule has 0 bridgehead atoms. The number of hydrogen-bond donors (Lipinski definition) is 3. The minimum Gasteiger partial charge on any atom is -0.396 e. The smallest absolute Gasteiger partial charge is 0.191 e. The standard InChI is InChI=1S/C21H44N4O2/c1-6-22-21(23-15-19(7-10-26)13-17(2)3)24-16-20(14-18(4)5)25-8-11-27-12-9-25/h17-20,26H,6-16H2,1-5H3,(H2,22,23,24). The summed E-state index contributed by atoms with van der Waals surface area (Å²) in [4.78, 5) is 7.37. The van der Waals surface area contributed by atoms with Crippen molar-refractivity contribution in [1.29, 1.82) is 0 Å². The molecule has 0 aromatic carbocycles. The summed E-state index contributed by atoms with van der Waals surface area (Å²) in [6.07, 6.45) is 3.10. The van der Waals surface area contributed by atoms with Crippen LogP contribution < -0.4 is 10.6 Å². The molecule has 27 heavy (non-hydrogen) atoms. The van der Waals surface area contributed by atoms with Gasteiger partial charge in [-0.2, -0.15) is 0 Å². The van der Waals surface area contributed by atoms with Crippen LogP contribution in [0.25, 0.3) is 0 Å². The Kier molecular flexibility index (Phi) is 12.7. The number of rotatable bonds is 12. The zero-order valence-corrected chi connectivity index (χ0v) is 18.3.